The van der Waals surface area contributed by atoms with Gasteiger partial charge in [-0.3, -0.25) is 9.69 Å². The van der Waals surface area contributed by atoms with Crippen LogP contribution in [0.15, 0.2) is 22.8 Å². The monoisotopic (exact) mass is 233 g/mol. The van der Waals surface area contributed by atoms with Crippen LogP contribution in [0.1, 0.15) is 42.7 Å². The molecule has 1 aromatic rings. The third kappa shape index (κ3) is 2.16. The maximum Gasteiger partial charge on any atom is 0.211 e. The maximum atomic E-state index is 12.0. The Morgan fingerprint density at radius 3 is 3.06 bits per heavy atom. The van der Waals surface area contributed by atoms with Crippen molar-refractivity contribution in [2.45, 2.75) is 38.1 Å². The normalized spacial score (nSPS) is 29.2. The smallest absolute Gasteiger partial charge is 0.211 e. The van der Waals surface area contributed by atoms with E-state index in [9.17, 15) is 4.79 Å². The summed E-state index contributed by atoms with van der Waals surface area (Å²) in [7, 11) is 0. The Bertz CT molecular complexity index is 385. The van der Waals surface area contributed by atoms with E-state index in [1.807, 2.05) is 0 Å². The van der Waals surface area contributed by atoms with E-state index < -0.39 is 0 Å². The van der Waals surface area contributed by atoms with Gasteiger partial charge in [-0.05, 0) is 43.9 Å². The zero-order valence-electron chi connectivity index (χ0n) is 10.1. The summed E-state index contributed by atoms with van der Waals surface area (Å²) in [4.78, 5) is 14.4. The van der Waals surface area contributed by atoms with E-state index in [1.54, 1.807) is 18.4 Å². The molecule has 1 saturated carbocycles. The Kier molecular flexibility index (Phi) is 3.02. The Balaban J connectivity index is 1.64. The molecule has 1 saturated heterocycles. The molecule has 0 aromatic carbocycles. The number of carbonyl (C=O) groups excluding carboxylic acids is 1. The number of furan rings is 1. The molecule has 0 spiro atoms. The first-order valence-electron chi connectivity index (χ1n) is 6.65. The molecule has 0 amide bonds. The Morgan fingerprint density at radius 2 is 2.24 bits per heavy atom. The second kappa shape index (κ2) is 4.65. The lowest BCUT2D eigenvalue weighted by Gasteiger charge is -2.31. The van der Waals surface area contributed by atoms with Crippen LogP contribution < -0.4 is 0 Å². The molecular weight excluding hydrogens is 214 g/mol. The summed E-state index contributed by atoms with van der Waals surface area (Å²) in [6.07, 6.45) is 8.18. The third-order valence-electron chi connectivity index (χ3n) is 4.27. The Hall–Kier alpha value is -1.09. The minimum atomic E-state index is 0.126. The maximum absolute atomic E-state index is 12.0. The minimum Gasteiger partial charge on any atom is -0.461 e. The van der Waals surface area contributed by atoms with Crippen LogP contribution in [0.25, 0.3) is 0 Å². The van der Waals surface area contributed by atoms with E-state index >= 15 is 0 Å². The highest BCUT2D eigenvalue weighted by Gasteiger charge is 2.36. The molecule has 2 atom stereocenters. The van der Waals surface area contributed by atoms with Crippen LogP contribution in [0, 0.1) is 5.92 Å². The average Bonchev–Trinajstić information content (AvgIpc) is 2.98. The van der Waals surface area contributed by atoms with E-state index in [4.69, 9.17) is 4.42 Å². The van der Waals surface area contributed by atoms with Crippen molar-refractivity contribution in [2.24, 2.45) is 5.92 Å². The first-order chi connectivity index (χ1) is 8.34. The van der Waals surface area contributed by atoms with Crippen LogP contribution in [0.3, 0.4) is 0 Å². The van der Waals surface area contributed by atoms with Crippen molar-refractivity contribution < 1.29 is 9.21 Å². The molecule has 0 radical (unpaired) electrons. The number of nitrogens with zero attached hydrogens (tertiary/aromatic N) is 1. The van der Waals surface area contributed by atoms with Gasteiger partial charge in [-0.15, -0.1) is 0 Å². The van der Waals surface area contributed by atoms with Gasteiger partial charge in [0.1, 0.15) is 0 Å². The van der Waals surface area contributed by atoms with E-state index in [1.165, 1.54) is 32.1 Å². The molecule has 3 nitrogen and oxygen atoms in total. The van der Waals surface area contributed by atoms with E-state index in [-0.39, 0.29) is 5.78 Å². The zero-order valence-corrected chi connectivity index (χ0v) is 10.1. The number of fused-ring (bicyclic) bond motifs is 1. The molecular formula is C14H19NO2. The van der Waals surface area contributed by atoms with Crippen LogP contribution in [-0.4, -0.2) is 29.8 Å². The third-order valence-corrected chi connectivity index (χ3v) is 4.27. The van der Waals surface area contributed by atoms with Crippen molar-refractivity contribution in [1.82, 2.24) is 4.90 Å². The largest absolute Gasteiger partial charge is 0.461 e. The first kappa shape index (κ1) is 11.0. The second-order valence-electron chi connectivity index (χ2n) is 5.27. The summed E-state index contributed by atoms with van der Waals surface area (Å²) in [5.41, 5.74) is 0. The quantitative estimate of drug-likeness (QED) is 0.753. The van der Waals surface area contributed by atoms with Crippen molar-refractivity contribution in [1.29, 1.82) is 0 Å². The number of Topliss-reactive ketones (excluding diaryl/α,β-unsaturated/α-hetero) is 1. The molecule has 17 heavy (non-hydrogen) atoms. The fourth-order valence-electron chi connectivity index (χ4n) is 3.40. The van der Waals surface area contributed by atoms with Gasteiger partial charge in [0.25, 0.3) is 0 Å². The van der Waals surface area contributed by atoms with Gasteiger partial charge in [-0.2, -0.15) is 0 Å². The lowest BCUT2D eigenvalue weighted by atomic mass is 9.85. The molecule has 0 N–H and O–H groups in total. The fourth-order valence-corrected chi connectivity index (χ4v) is 3.40. The number of hydrogen-bond donors (Lipinski definition) is 0. The topological polar surface area (TPSA) is 33.5 Å². The van der Waals surface area contributed by atoms with E-state index in [2.05, 4.69) is 4.90 Å². The molecule has 1 aliphatic carbocycles. The van der Waals surface area contributed by atoms with Gasteiger partial charge >= 0.3 is 0 Å². The van der Waals surface area contributed by atoms with Gasteiger partial charge in [0.2, 0.25) is 5.78 Å². The predicted octanol–water partition coefficient (Wildman–Crippen LogP) is 2.73. The number of rotatable bonds is 3. The van der Waals surface area contributed by atoms with Gasteiger partial charge in [-0.1, -0.05) is 12.8 Å². The van der Waals surface area contributed by atoms with Crippen molar-refractivity contribution in [3.05, 3.63) is 24.2 Å². The van der Waals surface area contributed by atoms with Gasteiger partial charge < -0.3 is 4.42 Å². The summed E-state index contributed by atoms with van der Waals surface area (Å²) in [6.45, 7) is 1.62. The summed E-state index contributed by atoms with van der Waals surface area (Å²) in [5.74, 6) is 1.47. The summed E-state index contributed by atoms with van der Waals surface area (Å²) in [5, 5.41) is 0. The number of likely N-dealkylation sites (tertiary alicyclic amines) is 1. The zero-order chi connectivity index (χ0) is 11.7. The minimum absolute atomic E-state index is 0.126. The standard InChI is InChI=1S/C14H19NO2/c16-13(14-6-3-9-17-14)10-15-8-7-11-4-1-2-5-12(11)15/h3,6,9,11-12H,1-2,4-5,7-8,10H2. The molecule has 2 aliphatic rings. The van der Waals surface area contributed by atoms with Gasteiger partial charge in [0.05, 0.1) is 12.8 Å². The summed E-state index contributed by atoms with van der Waals surface area (Å²) < 4.78 is 5.17. The molecule has 3 heteroatoms. The molecule has 1 aromatic heterocycles. The highest BCUT2D eigenvalue weighted by atomic mass is 16.3. The van der Waals surface area contributed by atoms with Crippen molar-refractivity contribution >= 4 is 5.78 Å². The number of hydrogen-bond acceptors (Lipinski definition) is 3. The molecule has 2 fully saturated rings. The molecule has 2 heterocycles. The molecule has 0 bridgehead atoms. The van der Waals surface area contributed by atoms with Crippen molar-refractivity contribution in [3.63, 3.8) is 0 Å². The molecule has 92 valence electrons. The van der Waals surface area contributed by atoms with E-state index in [0.29, 0.717) is 18.3 Å². The highest BCUT2D eigenvalue weighted by molar-refractivity contribution is 5.95. The van der Waals surface area contributed by atoms with Crippen LogP contribution in [-0.2, 0) is 0 Å². The van der Waals surface area contributed by atoms with Crippen LogP contribution in [0.4, 0.5) is 0 Å². The fraction of sp³-hybridized carbons (Fsp3) is 0.643. The molecule has 2 unspecified atom stereocenters. The van der Waals surface area contributed by atoms with Crippen LogP contribution in [0.5, 0.6) is 0 Å². The highest BCUT2D eigenvalue weighted by Crippen LogP contribution is 2.35. The summed E-state index contributed by atoms with van der Waals surface area (Å²) >= 11 is 0. The average molecular weight is 233 g/mol. The second-order valence-corrected chi connectivity index (χ2v) is 5.27. The van der Waals surface area contributed by atoms with Crippen LogP contribution in [0.2, 0.25) is 0 Å². The van der Waals surface area contributed by atoms with Gasteiger partial charge in [0.15, 0.2) is 5.76 Å². The number of ketones is 1. The lowest BCUT2D eigenvalue weighted by molar-refractivity contribution is 0.0868. The Morgan fingerprint density at radius 1 is 1.35 bits per heavy atom. The van der Waals surface area contributed by atoms with E-state index in [0.717, 1.165) is 12.5 Å². The first-order valence-corrected chi connectivity index (χ1v) is 6.65. The lowest BCUT2D eigenvalue weighted by Crippen LogP contribution is -2.38. The van der Waals surface area contributed by atoms with Gasteiger partial charge in [0, 0.05) is 6.04 Å². The predicted molar refractivity (Wildman–Crippen MR) is 65.0 cm³/mol. The number of carbonyl (C=O) groups is 1. The molecule has 1 aliphatic heterocycles. The van der Waals surface area contributed by atoms with Crippen LogP contribution >= 0.6 is 0 Å². The summed E-state index contributed by atoms with van der Waals surface area (Å²) in [6, 6.07) is 4.19. The molecule has 3 rings (SSSR count). The van der Waals surface area contributed by atoms with Crippen molar-refractivity contribution in [2.75, 3.05) is 13.1 Å². The SMILES string of the molecule is O=C(CN1CCC2CCCCC21)c1ccco1. The van der Waals surface area contributed by atoms with Crippen molar-refractivity contribution in [3.8, 4) is 0 Å². The van der Waals surface area contributed by atoms with Gasteiger partial charge in [-0.25, -0.2) is 0 Å². The Labute approximate surface area is 102 Å².